The van der Waals surface area contributed by atoms with Crippen LogP contribution in [-0.2, 0) is 4.79 Å². The van der Waals surface area contributed by atoms with E-state index in [1.807, 2.05) is 61.5 Å². The Labute approximate surface area is 119 Å². The van der Waals surface area contributed by atoms with Crippen LogP contribution >= 0.6 is 0 Å². The number of carbonyl (C=O) groups is 1. The van der Waals surface area contributed by atoms with E-state index < -0.39 is 0 Å². The van der Waals surface area contributed by atoms with Gasteiger partial charge in [0.1, 0.15) is 12.0 Å². The van der Waals surface area contributed by atoms with E-state index in [4.69, 9.17) is 4.74 Å². The van der Waals surface area contributed by atoms with Gasteiger partial charge in [-0.25, -0.2) is 0 Å². The fraction of sp³-hybridized carbons (Fsp3) is 0.235. The first kappa shape index (κ1) is 14.1. The number of hydrogen-bond acceptors (Lipinski definition) is 3. The van der Waals surface area contributed by atoms with E-state index in [1.54, 1.807) is 7.11 Å². The van der Waals surface area contributed by atoms with Crippen LogP contribution < -0.4 is 10.1 Å². The van der Waals surface area contributed by atoms with Crippen molar-refractivity contribution < 1.29 is 9.53 Å². The van der Waals surface area contributed by atoms with Crippen LogP contribution in [0.1, 0.15) is 18.5 Å². The number of ether oxygens (including phenoxy) is 1. The average molecular weight is 269 g/mol. The highest BCUT2D eigenvalue weighted by molar-refractivity contribution is 5.58. The number of hydrogen-bond donors (Lipinski definition) is 1. The van der Waals surface area contributed by atoms with Gasteiger partial charge in [-0.3, -0.25) is 0 Å². The Hall–Kier alpha value is -2.29. The van der Waals surface area contributed by atoms with Gasteiger partial charge in [0, 0.05) is 11.6 Å². The SMILES string of the molecule is COc1ccc(N[C@H](c2ccccc2)[C@H](C)C=O)cc1. The molecule has 0 aliphatic heterocycles. The van der Waals surface area contributed by atoms with Gasteiger partial charge in [0.2, 0.25) is 0 Å². The van der Waals surface area contributed by atoms with Gasteiger partial charge in [-0.05, 0) is 29.8 Å². The van der Waals surface area contributed by atoms with Crippen molar-refractivity contribution in [3.05, 3.63) is 60.2 Å². The minimum atomic E-state index is -0.112. The first-order valence-electron chi connectivity index (χ1n) is 6.65. The first-order valence-corrected chi connectivity index (χ1v) is 6.65. The summed E-state index contributed by atoms with van der Waals surface area (Å²) in [6.07, 6.45) is 0.980. The molecule has 3 nitrogen and oxygen atoms in total. The largest absolute Gasteiger partial charge is 0.497 e. The third-order valence-electron chi connectivity index (χ3n) is 3.31. The topological polar surface area (TPSA) is 38.3 Å². The molecule has 2 atom stereocenters. The predicted molar refractivity (Wildman–Crippen MR) is 81.0 cm³/mol. The Bertz CT molecular complexity index is 537. The molecule has 2 aromatic rings. The van der Waals surface area contributed by atoms with Crippen molar-refractivity contribution in [1.82, 2.24) is 0 Å². The van der Waals surface area contributed by atoms with E-state index >= 15 is 0 Å². The fourth-order valence-electron chi connectivity index (χ4n) is 2.12. The zero-order valence-corrected chi connectivity index (χ0v) is 11.7. The molecule has 0 heterocycles. The lowest BCUT2D eigenvalue weighted by molar-refractivity contribution is -0.111. The maximum atomic E-state index is 11.2. The molecular formula is C17H19NO2. The van der Waals surface area contributed by atoms with Gasteiger partial charge in [0.15, 0.2) is 0 Å². The second-order valence-corrected chi connectivity index (χ2v) is 4.76. The van der Waals surface area contributed by atoms with E-state index in [2.05, 4.69) is 5.32 Å². The zero-order chi connectivity index (χ0) is 14.4. The number of benzene rings is 2. The second-order valence-electron chi connectivity index (χ2n) is 4.76. The number of methoxy groups -OCH3 is 1. The van der Waals surface area contributed by atoms with Crippen molar-refractivity contribution in [2.45, 2.75) is 13.0 Å². The molecule has 0 saturated carbocycles. The van der Waals surface area contributed by atoms with Crippen LogP contribution in [0, 0.1) is 5.92 Å². The molecule has 0 bridgehead atoms. The molecule has 0 aliphatic rings. The highest BCUT2D eigenvalue weighted by atomic mass is 16.5. The quantitative estimate of drug-likeness (QED) is 0.813. The molecule has 0 spiro atoms. The van der Waals surface area contributed by atoms with Gasteiger partial charge >= 0.3 is 0 Å². The molecule has 0 aromatic heterocycles. The summed E-state index contributed by atoms with van der Waals surface area (Å²) < 4.78 is 5.14. The first-order chi connectivity index (χ1) is 9.74. The smallest absolute Gasteiger partial charge is 0.125 e. The summed E-state index contributed by atoms with van der Waals surface area (Å²) in [5.74, 6) is 0.703. The van der Waals surface area contributed by atoms with Gasteiger partial charge in [-0.1, -0.05) is 37.3 Å². The summed E-state index contributed by atoms with van der Waals surface area (Å²) in [7, 11) is 1.64. The lowest BCUT2D eigenvalue weighted by Gasteiger charge is -2.23. The molecule has 0 amide bonds. The van der Waals surface area contributed by atoms with Crippen LogP contribution in [0.3, 0.4) is 0 Å². The summed E-state index contributed by atoms with van der Waals surface area (Å²) in [6.45, 7) is 1.92. The van der Waals surface area contributed by atoms with Gasteiger partial charge in [0.25, 0.3) is 0 Å². The van der Waals surface area contributed by atoms with Crippen molar-refractivity contribution in [1.29, 1.82) is 0 Å². The molecule has 1 N–H and O–H groups in total. The van der Waals surface area contributed by atoms with Gasteiger partial charge < -0.3 is 14.8 Å². The zero-order valence-electron chi connectivity index (χ0n) is 11.7. The van der Waals surface area contributed by atoms with Crippen LogP contribution in [0.25, 0.3) is 0 Å². The summed E-state index contributed by atoms with van der Waals surface area (Å²) in [5, 5.41) is 3.41. The second kappa shape index (κ2) is 6.75. The Balaban J connectivity index is 2.21. The van der Waals surface area contributed by atoms with Crippen LogP contribution in [0.5, 0.6) is 5.75 Å². The summed E-state index contributed by atoms with van der Waals surface area (Å²) in [6, 6.07) is 17.7. The van der Waals surface area contributed by atoms with Crippen molar-refractivity contribution in [3.63, 3.8) is 0 Å². The molecule has 0 saturated heterocycles. The van der Waals surface area contributed by atoms with E-state index in [-0.39, 0.29) is 12.0 Å². The number of carbonyl (C=O) groups excluding carboxylic acids is 1. The van der Waals surface area contributed by atoms with Gasteiger partial charge in [0.05, 0.1) is 13.2 Å². The van der Waals surface area contributed by atoms with Gasteiger partial charge in [-0.2, -0.15) is 0 Å². The molecule has 104 valence electrons. The Morgan fingerprint density at radius 3 is 2.25 bits per heavy atom. The Morgan fingerprint density at radius 1 is 1.05 bits per heavy atom. The lowest BCUT2D eigenvalue weighted by atomic mass is 9.95. The lowest BCUT2D eigenvalue weighted by Crippen LogP contribution is -2.19. The number of aldehydes is 1. The predicted octanol–water partition coefficient (Wildman–Crippen LogP) is 3.68. The molecule has 3 heteroatoms. The maximum absolute atomic E-state index is 11.2. The molecule has 2 aromatic carbocycles. The monoisotopic (exact) mass is 269 g/mol. The van der Waals surface area contributed by atoms with Crippen LogP contribution in [0.15, 0.2) is 54.6 Å². The number of rotatable bonds is 6. The molecule has 0 aliphatic carbocycles. The number of anilines is 1. The molecule has 0 radical (unpaired) electrons. The minimum absolute atomic E-state index is 0.0397. The van der Waals surface area contributed by atoms with Crippen molar-refractivity contribution in [2.24, 2.45) is 5.92 Å². The van der Waals surface area contributed by atoms with E-state index in [9.17, 15) is 4.79 Å². The van der Waals surface area contributed by atoms with Crippen LogP contribution in [-0.4, -0.2) is 13.4 Å². The molecule has 20 heavy (non-hydrogen) atoms. The van der Waals surface area contributed by atoms with Crippen molar-refractivity contribution in [2.75, 3.05) is 12.4 Å². The summed E-state index contributed by atoms with van der Waals surface area (Å²) in [4.78, 5) is 11.2. The van der Waals surface area contributed by atoms with Crippen molar-refractivity contribution in [3.8, 4) is 5.75 Å². The summed E-state index contributed by atoms with van der Waals surface area (Å²) >= 11 is 0. The maximum Gasteiger partial charge on any atom is 0.125 e. The standard InChI is InChI=1S/C17H19NO2/c1-13(12-19)17(14-6-4-3-5-7-14)18-15-8-10-16(20-2)11-9-15/h3-13,17-18H,1-2H3/t13-,17+/m1/s1. The fourth-order valence-corrected chi connectivity index (χ4v) is 2.12. The van der Waals surface area contributed by atoms with E-state index in [0.29, 0.717) is 0 Å². The van der Waals surface area contributed by atoms with Crippen LogP contribution in [0.2, 0.25) is 0 Å². The highest BCUT2D eigenvalue weighted by Crippen LogP contribution is 2.26. The molecule has 0 fully saturated rings. The van der Waals surface area contributed by atoms with E-state index in [1.165, 1.54) is 0 Å². The molecule has 0 unspecified atom stereocenters. The Morgan fingerprint density at radius 2 is 1.70 bits per heavy atom. The number of nitrogens with one attached hydrogen (secondary N) is 1. The normalized spacial score (nSPS) is 13.3. The average Bonchev–Trinajstić information content (AvgIpc) is 2.53. The summed E-state index contributed by atoms with van der Waals surface area (Å²) in [5.41, 5.74) is 2.07. The molecular weight excluding hydrogens is 250 g/mol. The van der Waals surface area contributed by atoms with Crippen molar-refractivity contribution >= 4 is 12.0 Å². The van der Waals surface area contributed by atoms with Gasteiger partial charge in [-0.15, -0.1) is 0 Å². The highest BCUT2D eigenvalue weighted by Gasteiger charge is 2.18. The third kappa shape index (κ3) is 3.38. The molecule has 2 rings (SSSR count). The Kier molecular flexibility index (Phi) is 4.77. The third-order valence-corrected chi connectivity index (χ3v) is 3.31. The van der Waals surface area contributed by atoms with E-state index in [0.717, 1.165) is 23.3 Å². The van der Waals surface area contributed by atoms with Crippen LogP contribution in [0.4, 0.5) is 5.69 Å². The minimum Gasteiger partial charge on any atom is -0.497 e.